The molecule has 2 unspecified atom stereocenters. The molecule has 1 aromatic heterocycles. The normalized spacial score (nSPS) is 15.9. The Morgan fingerprint density at radius 2 is 1.73 bits per heavy atom. The van der Waals surface area contributed by atoms with Crippen molar-refractivity contribution in [3.8, 4) is 22.4 Å². The van der Waals surface area contributed by atoms with Crippen LogP contribution in [0.5, 0.6) is 0 Å². The molecule has 1 aliphatic rings. The number of nitrogens with one attached hydrogen (secondary N) is 1. The van der Waals surface area contributed by atoms with Crippen LogP contribution in [-0.4, -0.2) is 54.1 Å². The van der Waals surface area contributed by atoms with Crippen LogP contribution in [0, 0.1) is 18.8 Å². The largest absolute Gasteiger partial charge is 0.385 e. The summed E-state index contributed by atoms with van der Waals surface area (Å²) < 4.78 is 0. The minimum Gasteiger partial charge on any atom is -0.385 e. The number of allylic oxidation sites excluding steroid dienone is 4. The Balaban J connectivity index is 1.57. The van der Waals surface area contributed by atoms with Crippen LogP contribution in [0.25, 0.3) is 22.4 Å². The molecule has 2 atom stereocenters. The van der Waals surface area contributed by atoms with E-state index < -0.39 is 0 Å². The summed E-state index contributed by atoms with van der Waals surface area (Å²) in [6, 6.07) is 18.0. The molecule has 0 amide bonds. The van der Waals surface area contributed by atoms with Gasteiger partial charge in [-0.2, -0.15) is 0 Å². The lowest BCUT2D eigenvalue weighted by Crippen LogP contribution is -2.34. The molecule has 1 N–H and O–H groups in total. The van der Waals surface area contributed by atoms with Gasteiger partial charge in [0.15, 0.2) is 0 Å². The number of nitrogens with zero attached hydrogens (tertiary/aromatic N) is 3. The summed E-state index contributed by atoms with van der Waals surface area (Å²) in [7, 11) is 2.19. The molecule has 0 aliphatic carbocycles. The van der Waals surface area contributed by atoms with Gasteiger partial charge in [-0.15, -0.1) is 0 Å². The summed E-state index contributed by atoms with van der Waals surface area (Å²) in [5.41, 5.74) is 13.1. The molecule has 4 rings (SSSR count). The maximum Gasteiger partial charge on any atom is 0.0708 e. The number of hydrogen-bond donors (Lipinski definition) is 1. The van der Waals surface area contributed by atoms with Crippen LogP contribution in [0.15, 0.2) is 96.8 Å². The molecule has 0 saturated carbocycles. The molecule has 0 radical (unpaired) electrons. The molecule has 0 spiro atoms. The number of aromatic nitrogens is 1. The lowest BCUT2D eigenvalue weighted by atomic mass is 9.90. The van der Waals surface area contributed by atoms with Crippen molar-refractivity contribution in [3.05, 3.63) is 124 Å². The van der Waals surface area contributed by atoms with Crippen LogP contribution in [-0.2, 0) is 19.4 Å². The molecule has 5 heteroatoms. The van der Waals surface area contributed by atoms with E-state index in [1.165, 1.54) is 33.4 Å². The Morgan fingerprint density at radius 1 is 1.00 bits per heavy atom. The van der Waals surface area contributed by atoms with Gasteiger partial charge >= 0.3 is 0 Å². The van der Waals surface area contributed by atoms with Crippen LogP contribution in [0.1, 0.15) is 89.6 Å². The summed E-state index contributed by atoms with van der Waals surface area (Å²) in [5, 5.41) is 4.35. The SMILES string of the molecule is C=C/C=C(CN(CCC)CC(C)C(C)C)\C(=C/Cc1cccc(-c2cccc(-c3ccc(CN(C)CC4CCC(=C)N4)c(C)n3)c2CC)c1Cl)CC. The predicted molar refractivity (Wildman–Crippen MR) is 227 cm³/mol. The van der Waals surface area contributed by atoms with Gasteiger partial charge in [0.05, 0.1) is 10.7 Å². The number of aryl methyl sites for hydroxylation is 1. The van der Waals surface area contributed by atoms with Crippen molar-refractivity contribution in [1.82, 2.24) is 20.1 Å². The van der Waals surface area contributed by atoms with Crippen molar-refractivity contribution >= 4 is 11.6 Å². The molecule has 2 heterocycles. The average Bonchev–Trinajstić information content (AvgIpc) is 3.53. The van der Waals surface area contributed by atoms with E-state index in [1.54, 1.807) is 0 Å². The second-order valence-electron chi connectivity index (χ2n) is 15.3. The highest BCUT2D eigenvalue weighted by molar-refractivity contribution is 6.34. The Hall–Kier alpha value is -3.44. The first-order valence-electron chi connectivity index (χ1n) is 19.7. The third-order valence-electron chi connectivity index (χ3n) is 10.8. The van der Waals surface area contributed by atoms with Crippen LogP contribution in [0.2, 0.25) is 5.02 Å². The van der Waals surface area contributed by atoms with Gasteiger partial charge in [-0.05, 0) is 110 Å². The smallest absolute Gasteiger partial charge is 0.0708 e. The molecule has 52 heavy (non-hydrogen) atoms. The standard InChI is InChI=1S/C47H65ClN4/c1-11-17-40(31-52(28-12-2)29-34(7)33(5)6)37(13-3)23-24-38-18-15-21-45(47(38)48)43-19-16-20-44(42(43)14-4)46-27-25-39(36(9)50-46)30-51(10)32-41-26-22-35(8)49-41/h11,15-21,23,25,27,33-34,41,49H,1,8,12-14,22,24,26,28-32H2,2-7,9-10H3/b37-23-,40-17-. The highest BCUT2D eigenvalue weighted by atomic mass is 35.5. The van der Waals surface area contributed by atoms with Gasteiger partial charge in [0, 0.05) is 54.7 Å². The highest BCUT2D eigenvalue weighted by Crippen LogP contribution is 2.38. The van der Waals surface area contributed by atoms with Gasteiger partial charge < -0.3 is 10.2 Å². The van der Waals surface area contributed by atoms with Gasteiger partial charge in [-0.1, -0.05) is 127 Å². The topological polar surface area (TPSA) is 31.4 Å². The number of rotatable bonds is 19. The molecule has 2 aromatic carbocycles. The van der Waals surface area contributed by atoms with E-state index in [2.05, 4.69) is 144 Å². The molecule has 1 aliphatic heterocycles. The molecular formula is C47H65ClN4. The van der Waals surface area contributed by atoms with Crippen molar-refractivity contribution in [2.75, 3.05) is 33.2 Å². The number of benzene rings is 2. The fraction of sp³-hybridized carbons (Fsp3) is 0.468. The lowest BCUT2D eigenvalue weighted by molar-refractivity contribution is 0.226. The van der Waals surface area contributed by atoms with E-state index in [4.69, 9.17) is 16.6 Å². The molecule has 0 bridgehead atoms. The molecule has 3 aromatic rings. The minimum absolute atomic E-state index is 0.478. The Kier molecular flexibility index (Phi) is 16.0. The highest BCUT2D eigenvalue weighted by Gasteiger charge is 2.20. The summed E-state index contributed by atoms with van der Waals surface area (Å²) in [6.45, 7) is 29.1. The zero-order valence-corrected chi connectivity index (χ0v) is 34.3. The quantitative estimate of drug-likeness (QED) is 0.125. The number of hydrogen-bond acceptors (Lipinski definition) is 4. The Bertz CT molecular complexity index is 1720. The Labute approximate surface area is 321 Å². The monoisotopic (exact) mass is 720 g/mol. The van der Waals surface area contributed by atoms with Crippen molar-refractivity contribution < 1.29 is 0 Å². The first-order chi connectivity index (χ1) is 25.0. The number of likely N-dealkylation sites (N-methyl/N-ethyl adjacent to an activating group) is 1. The van der Waals surface area contributed by atoms with Gasteiger partial charge in [0.25, 0.3) is 0 Å². The lowest BCUT2D eigenvalue weighted by Gasteiger charge is -2.29. The van der Waals surface area contributed by atoms with Crippen LogP contribution in [0.4, 0.5) is 0 Å². The maximum atomic E-state index is 7.32. The van der Waals surface area contributed by atoms with Gasteiger partial charge in [0.1, 0.15) is 0 Å². The second kappa shape index (κ2) is 20.1. The van der Waals surface area contributed by atoms with Crippen LogP contribution in [0.3, 0.4) is 0 Å². The van der Waals surface area contributed by atoms with E-state index in [0.29, 0.717) is 17.9 Å². The molecule has 280 valence electrons. The fourth-order valence-corrected chi connectivity index (χ4v) is 7.82. The third-order valence-corrected chi connectivity index (χ3v) is 11.3. The second-order valence-corrected chi connectivity index (χ2v) is 15.6. The first kappa shape index (κ1) is 41.3. The van der Waals surface area contributed by atoms with E-state index in [-0.39, 0.29) is 0 Å². The number of pyridine rings is 1. The molecule has 1 saturated heterocycles. The predicted octanol–water partition coefficient (Wildman–Crippen LogP) is 11.6. The summed E-state index contributed by atoms with van der Waals surface area (Å²) in [4.78, 5) is 10.2. The molecule has 1 fully saturated rings. The zero-order chi connectivity index (χ0) is 37.8. The van der Waals surface area contributed by atoms with E-state index in [1.807, 2.05) is 6.08 Å². The fourth-order valence-electron chi connectivity index (χ4n) is 7.51. The van der Waals surface area contributed by atoms with Gasteiger partial charge in [-0.25, -0.2) is 0 Å². The third kappa shape index (κ3) is 11.0. The van der Waals surface area contributed by atoms with Crippen molar-refractivity contribution in [2.45, 2.75) is 99.6 Å². The van der Waals surface area contributed by atoms with Gasteiger partial charge in [0.2, 0.25) is 0 Å². The summed E-state index contributed by atoms with van der Waals surface area (Å²) in [6.07, 6.45) is 12.5. The summed E-state index contributed by atoms with van der Waals surface area (Å²) >= 11 is 7.32. The minimum atomic E-state index is 0.478. The van der Waals surface area contributed by atoms with E-state index >= 15 is 0 Å². The maximum absolute atomic E-state index is 7.32. The van der Waals surface area contributed by atoms with Crippen molar-refractivity contribution in [3.63, 3.8) is 0 Å². The first-order valence-corrected chi connectivity index (χ1v) is 20.1. The zero-order valence-electron chi connectivity index (χ0n) is 33.5. The van der Waals surface area contributed by atoms with Crippen molar-refractivity contribution in [2.24, 2.45) is 11.8 Å². The van der Waals surface area contributed by atoms with Crippen molar-refractivity contribution in [1.29, 1.82) is 0 Å². The Morgan fingerprint density at radius 3 is 2.37 bits per heavy atom. The average molecular weight is 722 g/mol. The van der Waals surface area contributed by atoms with Crippen LogP contribution < -0.4 is 5.32 Å². The number of halogens is 1. The van der Waals surface area contributed by atoms with Gasteiger partial charge in [-0.3, -0.25) is 9.88 Å². The van der Waals surface area contributed by atoms with E-state index in [0.717, 1.165) is 104 Å². The molecular weight excluding hydrogens is 656 g/mol. The van der Waals surface area contributed by atoms with Crippen LogP contribution >= 0.6 is 11.6 Å². The molecule has 4 nitrogen and oxygen atoms in total. The van der Waals surface area contributed by atoms with E-state index in [9.17, 15) is 0 Å². The summed E-state index contributed by atoms with van der Waals surface area (Å²) in [5.74, 6) is 1.32.